The maximum atomic E-state index is 12.7. The monoisotopic (exact) mass is 267 g/mol. The molecule has 0 amide bonds. The Hall–Kier alpha value is -1.53. The van der Waals surface area contributed by atoms with E-state index in [1.807, 2.05) is 6.92 Å². The summed E-state index contributed by atoms with van der Waals surface area (Å²) in [6, 6.07) is 2.68. The first-order chi connectivity index (χ1) is 9.16. The molecule has 0 bridgehead atoms. The van der Waals surface area contributed by atoms with Crippen LogP contribution in [0.2, 0.25) is 0 Å². The lowest BCUT2D eigenvalue weighted by Gasteiger charge is -2.31. The second-order valence-electron chi connectivity index (χ2n) is 4.51. The van der Waals surface area contributed by atoms with Crippen LogP contribution in [-0.2, 0) is 9.53 Å². The van der Waals surface area contributed by atoms with Gasteiger partial charge >= 0.3 is 0 Å². The number of morpholine rings is 1. The zero-order valence-electron chi connectivity index (χ0n) is 10.9. The maximum absolute atomic E-state index is 12.7. The lowest BCUT2D eigenvalue weighted by Crippen LogP contribution is -2.47. The van der Waals surface area contributed by atoms with Gasteiger partial charge in [0.2, 0.25) is 0 Å². The molecular weight excluding hydrogens is 249 g/mol. The molecule has 2 rings (SSSR count). The first-order valence-corrected chi connectivity index (χ1v) is 6.37. The lowest BCUT2D eigenvalue weighted by molar-refractivity contribution is -0.123. The van der Waals surface area contributed by atoms with Crippen LogP contribution in [0.3, 0.4) is 0 Å². The van der Waals surface area contributed by atoms with Crippen LogP contribution in [0.25, 0.3) is 0 Å². The van der Waals surface area contributed by atoms with Crippen LogP contribution in [0.5, 0.6) is 0 Å². The molecule has 0 aromatic carbocycles. The normalized spacial score (nSPS) is 18.0. The second-order valence-corrected chi connectivity index (χ2v) is 4.51. The summed E-state index contributed by atoms with van der Waals surface area (Å²) in [7, 11) is 0. The quantitative estimate of drug-likeness (QED) is 0.860. The van der Waals surface area contributed by atoms with Gasteiger partial charge in [-0.3, -0.25) is 9.69 Å². The molecule has 1 saturated heterocycles. The summed E-state index contributed by atoms with van der Waals surface area (Å²) in [6.07, 6.45) is 1.12. The number of ketones is 1. The Bertz CT molecular complexity index is 418. The van der Waals surface area contributed by atoms with E-state index in [-0.39, 0.29) is 18.4 Å². The van der Waals surface area contributed by atoms with Crippen LogP contribution in [0.4, 0.5) is 10.2 Å². The van der Waals surface area contributed by atoms with Crippen molar-refractivity contribution < 1.29 is 13.9 Å². The average molecular weight is 267 g/mol. The van der Waals surface area contributed by atoms with Gasteiger partial charge in [-0.15, -0.1) is 0 Å². The van der Waals surface area contributed by atoms with Crippen molar-refractivity contribution in [1.29, 1.82) is 0 Å². The molecule has 6 heteroatoms. The minimum absolute atomic E-state index is 0.0908. The standard InChI is InChI=1S/C13H18FN3O2/c1-10(17-4-6-19-7-5-17)12(18)9-16-13-3-2-11(14)8-15-13/h2-3,8,10H,4-7,9H2,1H3,(H,15,16). The van der Waals surface area contributed by atoms with Gasteiger partial charge in [0.25, 0.3) is 0 Å². The van der Waals surface area contributed by atoms with Gasteiger partial charge in [-0.2, -0.15) is 0 Å². The Labute approximate surface area is 111 Å². The van der Waals surface area contributed by atoms with Crippen molar-refractivity contribution in [3.8, 4) is 0 Å². The molecule has 19 heavy (non-hydrogen) atoms. The van der Waals surface area contributed by atoms with E-state index in [9.17, 15) is 9.18 Å². The van der Waals surface area contributed by atoms with Crippen molar-refractivity contribution in [3.05, 3.63) is 24.1 Å². The highest BCUT2D eigenvalue weighted by molar-refractivity contribution is 5.87. The first kappa shape index (κ1) is 13.9. The van der Waals surface area contributed by atoms with Crippen LogP contribution in [-0.4, -0.2) is 54.6 Å². The Morgan fingerprint density at radius 2 is 2.26 bits per heavy atom. The van der Waals surface area contributed by atoms with Crippen molar-refractivity contribution in [2.45, 2.75) is 13.0 Å². The average Bonchev–Trinajstić information content (AvgIpc) is 2.46. The number of halogens is 1. The van der Waals surface area contributed by atoms with Crippen LogP contribution >= 0.6 is 0 Å². The third-order valence-corrected chi connectivity index (χ3v) is 3.23. The smallest absolute Gasteiger partial charge is 0.168 e. The van der Waals surface area contributed by atoms with Crippen molar-refractivity contribution in [2.24, 2.45) is 0 Å². The molecular formula is C13H18FN3O2. The third kappa shape index (κ3) is 3.97. The molecule has 0 spiro atoms. The third-order valence-electron chi connectivity index (χ3n) is 3.23. The van der Waals surface area contributed by atoms with Gasteiger partial charge in [0.1, 0.15) is 11.6 Å². The van der Waals surface area contributed by atoms with Gasteiger partial charge in [-0.25, -0.2) is 9.37 Å². The molecule has 1 unspecified atom stereocenters. The van der Waals surface area contributed by atoms with E-state index in [2.05, 4.69) is 15.2 Å². The van der Waals surface area contributed by atoms with Gasteiger partial charge in [0.15, 0.2) is 5.78 Å². The number of carbonyl (C=O) groups is 1. The van der Waals surface area contributed by atoms with E-state index in [1.165, 1.54) is 12.1 Å². The summed E-state index contributed by atoms with van der Waals surface area (Å²) >= 11 is 0. The molecule has 5 nitrogen and oxygen atoms in total. The van der Waals surface area contributed by atoms with Gasteiger partial charge in [-0.1, -0.05) is 0 Å². The number of pyridine rings is 1. The number of nitrogens with zero attached hydrogens (tertiary/aromatic N) is 2. The van der Waals surface area contributed by atoms with Gasteiger partial charge < -0.3 is 10.1 Å². The molecule has 1 fully saturated rings. The number of ether oxygens (including phenoxy) is 1. The molecule has 1 aromatic heterocycles. The minimum atomic E-state index is -0.390. The number of hydrogen-bond donors (Lipinski definition) is 1. The number of carbonyl (C=O) groups excluding carboxylic acids is 1. The summed E-state index contributed by atoms with van der Waals surface area (Å²) in [5, 5.41) is 2.91. The number of aromatic nitrogens is 1. The molecule has 0 aliphatic carbocycles. The van der Waals surface area contributed by atoms with Crippen LogP contribution in [0.15, 0.2) is 18.3 Å². The van der Waals surface area contributed by atoms with Crippen LogP contribution < -0.4 is 5.32 Å². The fourth-order valence-electron chi connectivity index (χ4n) is 1.97. The maximum Gasteiger partial charge on any atom is 0.168 e. The Balaban J connectivity index is 1.81. The first-order valence-electron chi connectivity index (χ1n) is 6.37. The van der Waals surface area contributed by atoms with Crippen LogP contribution in [0, 0.1) is 5.82 Å². The molecule has 104 valence electrons. The molecule has 1 aliphatic heterocycles. The molecule has 0 saturated carbocycles. The summed E-state index contributed by atoms with van der Waals surface area (Å²) < 4.78 is 17.9. The predicted octanol–water partition coefficient (Wildman–Crippen LogP) is 0.922. The second kappa shape index (κ2) is 6.58. The van der Waals surface area contributed by atoms with E-state index in [0.717, 1.165) is 19.3 Å². The highest BCUT2D eigenvalue weighted by Gasteiger charge is 2.22. The highest BCUT2D eigenvalue weighted by Crippen LogP contribution is 2.06. The Morgan fingerprint density at radius 1 is 1.53 bits per heavy atom. The fraction of sp³-hybridized carbons (Fsp3) is 0.538. The molecule has 1 aromatic rings. The summed E-state index contributed by atoms with van der Waals surface area (Å²) in [6.45, 7) is 4.99. The summed E-state index contributed by atoms with van der Waals surface area (Å²) in [4.78, 5) is 18.0. The van der Waals surface area contributed by atoms with Gasteiger partial charge in [0.05, 0.1) is 32.0 Å². The number of hydrogen-bond acceptors (Lipinski definition) is 5. The Kier molecular flexibility index (Phi) is 4.81. The van der Waals surface area contributed by atoms with Gasteiger partial charge in [0, 0.05) is 13.1 Å². The van der Waals surface area contributed by atoms with Crippen molar-refractivity contribution >= 4 is 11.6 Å². The van der Waals surface area contributed by atoms with E-state index in [0.29, 0.717) is 19.0 Å². The fourth-order valence-corrected chi connectivity index (χ4v) is 1.97. The topological polar surface area (TPSA) is 54.5 Å². The minimum Gasteiger partial charge on any atom is -0.379 e. The zero-order chi connectivity index (χ0) is 13.7. The predicted molar refractivity (Wildman–Crippen MR) is 69.5 cm³/mol. The molecule has 1 atom stereocenters. The number of nitrogens with one attached hydrogen (secondary N) is 1. The zero-order valence-corrected chi connectivity index (χ0v) is 10.9. The summed E-state index contributed by atoms with van der Waals surface area (Å²) in [5.74, 6) is 0.204. The molecule has 2 heterocycles. The molecule has 0 radical (unpaired) electrons. The highest BCUT2D eigenvalue weighted by atomic mass is 19.1. The van der Waals surface area contributed by atoms with E-state index in [4.69, 9.17) is 4.74 Å². The van der Waals surface area contributed by atoms with Crippen molar-refractivity contribution in [2.75, 3.05) is 38.2 Å². The Morgan fingerprint density at radius 3 is 2.89 bits per heavy atom. The molecule has 1 N–H and O–H groups in total. The molecule has 1 aliphatic rings. The van der Waals surface area contributed by atoms with Crippen LogP contribution in [0.1, 0.15) is 6.92 Å². The number of rotatable bonds is 5. The SMILES string of the molecule is CC(C(=O)CNc1ccc(F)cn1)N1CCOCC1. The van der Waals surface area contributed by atoms with E-state index in [1.54, 1.807) is 0 Å². The van der Waals surface area contributed by atoms with E-state index < -0.39 is 5.82 Å². The van der Waals surface area contributed by atoms with E-state index >= 15 is 0 Å². The van der Waals surface area contributed by atoms with Crippen molar-refractivity contribution in [1.82, 2.24) is 9.88 Å². The lowest BCUT2D eigenvalue weighted by atomic mass is 10.1. The number of Topliss-reactive ketones (excluding diaryl/α,β-unsaturated/α-hetero) is 1. The number of anilines is 1. The van der Waals surface area contributed by atoms with Crippen molar-refractivity contribution in [3.63, 3.8) is 0 Å². The summed E-state index contributed by atoms with van der Waals surface area (Å²) in [5.41, 5.74) is 0. The van der Waals surface area contributed by atoms with Gasteiger partial charge in [-0.05, 0) is 19.1 Å². The largest absolute Gasteiger partial charge is 0.379 e.